The Morgan fingerprint density at radius 2 is 2.12 bits per heavy atom. The van der Waals surface area contributed by atoms with Crippen LogP contribution < -0.4 is 5.32 Å². The van der Waals surface area contributed by atoms with Crippen LogP contribution in [-0.4, -0.2) is 47.6 Å². The summed E-state index contributed by atoms with van der Waals surface area (Å²) in [7, 11) is 1.73. The Labute approximate surface area is 143 Å². The van der Waals surface area contributed by atoms with Crippen LogP contribution in [0.15, 0.2) is 24.3 Å². The van der Waals surface area contributed by atoms with Crippen LogP contribution >= 0.6 is 0 Å². The van der Waals surface area contributed by atoms with Crippen molar-refractivity contribution in [3.05, 3.63) is 53.0 Å². The molecule has 1 fully saturated rings. The lowest BCUT2D eigenvalue weighted by molar-refractivity contribution is -0.00548. The zero-order chi connectivity index (χ0) is 18.0. The average molecular weight is 348 g/mol. The van der Waals surface area contributed by atoms with Crippen molar-refractivity contribution in [2.45, 2.75) is 13.0 Å². The number of carbonyl (C=O) groups excluding carboxylic acids is 1. The fourth-order valence-corrected chi connectivity index (χ4v) is 2.75. The van der Waals surface area contributed by atoms with Crippen LogP contribution in [0.4, 0.5) is 14.6 Å². The van der Waals surface area contributed by atoms with Gasteiger partial charge in [0.15, 0.2) is 5.82 Å². The predicted octanol–water partition coefficient (Wildman–Crippen LogP) is 2.32. The maximum Gasteiger partial charge on any atom is 0.257 e. The monoisotopic (exact) mass is 348 g/mol. The van der Waals surface area contributed by atoms with Gasteiger partial charge >= 0.3 is 0 Å². The molecule has 1 amide bonds. The van der Waals surface area contributed by atoms with Gasteiger partial charge in [-0.2, -0.15) is 0 Å². The summed E-state index contributed by atoms with van der Waals surface area (Å²) in [6.45, 7) is 2.55. The molecular formula is C17H18F2N4O2. The van der Waals surface area contributed by atoms with Gasteiger partial charge < -0.3 is 15.0 Å². The summed E-state index contributed by atoms with van der Waals surface area (Å²) in [5.74, 6) is -1.04. The number of anilines is 1. The van der Waals surface area contributed by atoms with E-state index in [1.165, 1.54) is 4.90 Å². The van der Waals surface area contributed by atoms with Crippen LogP contribution in [0.5, 0.6) is 0 Å². The van der Waals surface area contributed by atoms with E-state index in [-0.39, 0.29) is 18.7 Å². The molecule has 6 nitrogen and oxygen atoms in total. The molecule has 0 radical (unpaired) electrons. The van der Waals surface area contributed by atoms with Gasteiger partial charge in [-0.25, -0.2) is 18.7 Å². The summed E-state index contributed by atoms with van der Waals surface area (Å²) in [6, 6.07) is 4.02. The molecule has 1 aliphatic rings. The van der Waals surface area contributed by atoms with Crippen molar-refractivity contribution >= 4 is 11.7 Å². The molecular weight excluding hydrogens is 330 g/mol. The standard InChI is InChI=1S/C17H18F2N4O2/c1-10-7-15(20-2)22-16(21-10)14-9-25-6-5-23(14)17(24)12-8-11(18)3-4-13(12)19/h3-4,7-8,14H,5-6,9H2,1-2H3,(H,20,21,22). The van der Waals surface area contributed by atoms with E-state index in [1.54, 1.807) is 13.1 Å². The molecule has 3 rings (SSSR count). The highest BCUT2D eigenvalue weighted by Crippen LogP contribution is 2.26. The number of aryl methyl sites for hydroxylation is 1. The predicted molar refractivity (Wildman–Crippen MR) is 87.3 cm³/mol. The second-order valence-corrected chi connectivity index (χ2v) is 5.72. The maximum absolute atomic E-state index is 14.0. The number of aromatic nitrogens is 2. The van der Waals surface area contributed by atoms with Gasteiger partial charge in [-0.1, -0.05) is 0 Å². The molecule has 0 saturated carbocycles. The number of amides is 1. The van der Waals surface area contributed by atoms with Gasteiger partial charge in [-0.3, -0.25) is 4.79 Å². The maximum atomic E-state index is 14.0. The van der Waals surface area contributed by atoms with Crippen LogP contribution in [-0.2, 0) is 4.74 Å². The molecule has 0 spiro atoms. The van der Waals surface area contributed by atoms with Crippen molar-refractivity contribution in [3.8, 4) is 0 Å². The molecule has 1 atom stereocenters. The fraction of sp³-hybridized carbons (Fsp3) is 0.353. The molecule has 1 saturated heterocycles. The molecule has 1 aromatic carbocycles. The van der Waals surface area contributed by atoms with Gasteiger partial charge in [0, 0.05) is 25.4 Å². The minimum atomic E-state index is -0.766. The van der Waals surface area contributed by atoms with Crippen molar-refractivity contribution in [3.63, 3.8) is 0 Å². The number of ether oxygens (including phenoxy) is 1. The Balaban J connectivity index is 1.97. The van der Waals surface area contributed by atoms with Crippen molar-refractivity contribution in [1.29, 1.82) is 0 Å². The van der Waals surface area contributed by atoms with Gasteiger partial charge in [0.2, 0.25) is 0 Å². The van der Waals surface area contributed by atoms with E-state index in [1.807, 2.05) is 6.92 Å². The average Bonchev–Trinajstić information content (AvgIpc) is 2.62. The molecule has 25 heavy (non-hydrogen) atoms. The number of carbonyl (C=O) groups is 1. The summed E-state index contributed by atoms with van der Waals surface area (Å²) >= 11 is 0. The molecule has 0 aliphatic carbocycles. The molecule has 1 unspecified atom stereocenters. The minimum absolute atomic E-state index is 0.190. The highest BCUT2D eigenvalue weighted by molar-refractivity contribution is 5.94. The third-order valence-corrected chi connectivity index (χ3v) is 3.97. The summed E-state index contributed by atoms with van der Waals surface area (Å²) in [4.78, 5) is 23.0. The zero-order valence-electron chi connectivity index (χ0n) is 13.9. The van der Waals surface area contributed by atoms with E-state index < -0.39 is 23.6 Å². The number of benzene rings is 1. The van der Waals surface area contributed by atoms with Crippen molar-refractivity contribution < 1.29 is 18.3 Å². The van der Waals surface area contributed by atoms with E-state index in [2.05, 4.69) is 15.3 Å². The van der Waals surface area contributed by atoms with Gasteiger partial charge in [-0.05, 0) is 25.1 Å². The molecule has 2 aromatic rings. The topological polar surface area (TPSA) is 67.4 Å². The third kappa shape index (κ3) is 3.58. The molecule has 1 aliphatic heterocycles. The zero-order valence-corrected chi connectivity index (χ0v) is 13.9. The second-order valence-electron chi connectivity index (χ2n) is 5.72. The van der Waals surface area contributed by atoms with E-state index in [0.29, 0.717) is 18.2 Å². The first-order chi connectivity index (χ1) is 12.0. The lowest BCUT2D eigenvalue weighted by Crippen LogP contribution is -2.44. The number of halogens is 2. The van der Waals surface area contributed by atoms with Crippen LogP contribution in [0.3, 0.4) is 0 Å². The smallest absolute Gasteiger partial charge is 0.257 e. The van der Waals surface area contributed by atoms with Crippen molar-refractivity contribution in [2.75, 3.05) is 32.1 Å². The normalized spacial score (nSPS) is 17.4. The summed E-state index contributed by atoms with van der Waals surface area (Å²) in [6.07, 6.45) is 0. The van der Waals surface area contributed by atoms with E-state index in [0.717, 1.165) is 23.9 Å². The lowest BCUT2D eigenvalue weighted by atomic mass is 10.1. The number of hydrogen-bond acceptors (Lipinski definition) is 5. The lowest BCUT2D eigenvalue weighted by Gasteiger charge is -2.35. The van der Waals surface area contributed by atoms with Crippen molar-refractivity contribution in [2.24, 2.45) is 0 Å². The summed E-state index contributed by atoms with van der Waals surface area (Å²) in [5, 5.41) is 2.93. The highest BCUT2D eigenvalue weighted by atomic mass is 19.1. The van der Waals surface area contributed by atoms with Gasteiger partial charge in [0.1, 0.15) is 23.5 Å². The molecule has 132 valence electrons. The Morgan fingerprint density at radius 3 is 2.88 bits per heavy atom. The van der Waals surface area contributed by atoms with Crippen LogP contribution in [0.1, 0.15) is 27.9 Å². The van der Waals surface area contributed by atoms with Crippen LogP contribution in [0.2, 0.25) is 0 Å². The minimum Gasteiger partial charge on any atom is -0.377 e. The first-order valence-electron chi connectivity index (χ1n) is 7.86. The largest absolute Gasteiger partial charge is 0.377 e. The number of nitrogens with one attached hydrogen (secondary N) is 1. The molecule has 8 heteroatoms. The summed E-state index contributed by atoms with van der Waals surface area (Å²) in [5.41, 5.74) is 0.414. The van der Waals surface area contributed by atoms with Gasteiger partial charge in [-0.15, -0.1) is 0 Å². The number of nitrogens with zero attached hydrogens (tertiary/aromatic N) is 3. The first kappa shape index (κ1) is 17.2. The van der Waals surface area contributed by atoms with E-state index in [4.69, 9.17) is 4.74 Å². The second kappa shape index (κ2) is 7.10. The van der Waals surface area contributed by atoms with E-state index >= 15 is 0 Å². The molecule has 1 N–H and O–H groups in total. The number of hydrogen-bond donors (Lipinski definition) is 1. The Morgan fingerprint density at radius 1 is 1.32 bits per heavy atom. The summed E-state index contributed by atoms with van der Waals surface area (Å²) < 4.78 is 32.9. The van der Waals surface area contributed by atoms with E-state index in [9.17, 15) is 13.6 Å². The highest BCUT2D eigenvalue weighted by Gasteiger charge is 2.33. The number of rotatable bonds is 3. The van der Waals surface area contributed by atoms with Gasteiger partial charge in [0.25, 0.3) is 5.91 Å². The third-order valence-electron chi connectivity index (χ3n) is 3.97. The Hall–Kier alpha value is -2.61. The Kier molecular flexibility index (Phi) is 4.89. The molecule has 0 bridgehead atoms. The quantitative estimate of drug-likeness (QED) is 0.922. The van der Waals surface area contributed by atoms with Crippen LogP contribution in [0, 0.1) is 18.6 Å². The molecule has 2 heterocycles. The fourth-order valence-electron chi connectivity index (χ4n) is 2.75. The first-order valence-corrected chi connectivity index (χ1v) is 7.86. The SMILES string of the molecule is CNc1cc(C)nc(C2COCCN2C(=O)c2cc(F)ccc2F)n1. The van der Waals surface area contributed by atoms with Gasteiger partial charge in [0.05, 0.1) is 18.8 Å². The number of morpholine rings is 1. The molecule has 1 aromatic heterocycles. The Bertz CT molecular complexity index is 800. The van der Waals surface area contributed by atoms with Crippen molar-refractivity contribution in [1.82, 2.24) is 14.9 Å². The van der Waals surface area contributed by atoms with Crippen LogP contribution in [0.25, 0.3) is 0 Å².